The summed E-state index contributed by atoms with van der Waals surface area (Å²) in [4.78, 5) is 11.4. The van der Waals surface area contributed by atoms with E-state index in [4.69, 9.17) is 4.74 Å². The summed E-state index contributed by atoms with van der Waals surface area (Å²) in [6.07, 6.45) is 0.858. The number of hydrogen-bond acceptors (Lipinski definition) is 3. The van der Waals surface area contributed by atoms with Crippen LogP contribution in [0.1, 0.15) is 34.1 Å². The fraction of sp³-hybridized carbons (Fsp3) is 0.917. The van der Waals surface area contributed by atoms with Crippen LogP contribution in [0.4, 0.5) is 0 Å². The number of carbonyl (C=O) groups excluding carboxylic acids is 1. The Bertz CT molecular complexity index is 200. The third kappa shape index (κ3) is 7.65. The number of methoxy groups -OCH3 is 1. The van der Waals surface area contributed by atoms with Crippen molar-refractivity contribution >= 4 is 5.91 Å². The Morgan fingerprint density at radius 3 is 2.50 bits per heavy atom. The summed E-state index contributed by atoms with van der Waals surface area (Å²) in [6, 6.07) is 0.317. The van der Waals surface area contributed by atoms with Gasteiger partial charge in [-0.25, -0.2) is 0 Å². The molecule has 16 heavy (non-hydrogen) atoms. The monoisotopic (exact) mass is 230 g/mol. The van der Waals surface area contributed by atoms with Crippen molar-refractivity contribution < 1.29 is 9.53 Å². The minimum absolute atomic E-state index is 0.0483. The van der Waals surface area contributed by atoms with Gasteiger partial charge in [-0.1, -0.05) is 20.8 Å². The predicted octanol–water partition coefficient (Wildman–Crippen LogP) is 1.16. The van der Waals surface area contributed by atoms with Crippen LogP contribution in [0.2, 0.25) is 0 Å². The Morgan fingerprint density at radius 1 is 1.38 bits per heavy atom. The van der Waals surface area contributed by atoms with Gasteiger partial charge in [0.15, 0.2) is 0 Å². The molecule has 0 radical (unpaired) electrons. The van der Waals surface area contributed by atoms with E-state index in [1.54, 1.807) is 7.11 Å². The largest absolute Gasteiger partial charge is 0.385 e. The van der Waals surface area contributed by atoms with Gasteiger partial charge in [-0.2, -0.15) is 0 Å². The molecule has 0 aromatic heterocycles. The molecule has 0 saturated heterocycles. The van der Waals surface area contributed by atoms with Gasteiger partial charge in [0.05, 0.1) is 6.54 Å². The zero-order valence-corrected chi connectivity index (χ0v) is 11.2. The maximum absolute atomic E-state index is 11.4. The molecule has 0 aromatic carbocycles. The molecule has 0 fully saturated rings. The van der Waals surface area contributed by atoms with E-state index in [1.807, 2.05) is 0 Å². The van der Waals surface area contributed by atoms with Crippen LogP contribution >= 0.6 is 0 Å². The predicted molar refractivity (Wildman–Crippen MR) is 66.4 cm³/mol. The van der Waals surface area contributed by atoms with E-state index in [-0.39, 0.29) is 11.3 Å². The maximum Gasteiger partial charge on any atom is 0.233 e. The van der Waals surface area contributed by atoms with Gasteiger partial charge in [-0.05, 0) is 18.8 Å². The first-order chi connectivity index (χ1) is 7.38. The number of nitrogens with one attached hydrogen (secondary N) is 2. The van der Waals surface area contributed by atoms with E-state index < -0.39 is 0 Å². The number of ether oxygens (including phenoxy) is 1. The summed E-state index contributed by atoms with van der Waals surface area (Å²) in [6.45, 7) is 10.3. The van der Waals surface area contributed by atoms with Crippen LogP contribution in [0.5, 0.6) is 0 Å². The molecule has 0 aliphatic rings. The first-order valence-electron chi connectivity index (χ1n) is 5.87. The highest BCUT2D eigenvalue weighted by molar-refractivity contribution is 5.77. The summed E-state index contributed by atoms with van der Waals surface area (Å²) >= 11 is 0. The van der Waals surface area contributed by atoms with Gasteiger partial charge in [0.2, 0.25) is 5.91 Å². The van der Waals surface area contributed by atoms with Gasteiger partial charge in [0, 0.05) is 26.3 Å². The topological polar surface area (TPSA) is 50.4 Å². The second-order valence-electron chi connectivity index (χ2n) is 5.16. The number of rotatable bonds is 7. The molecular formula is C12H26N2O2. The lowest BCUT2D eigenvalue weighted by Crippen LogP contribution is -2.43. The second kappa shape index (κ2) is 7.63. The molecule has 4 nitrogen and oxygen atoms in total. The van der Waals surface area contributed by atoms with Crippen LogP contribution in [0, 0.1) is 5.41 Å². The van der Waals surface area contributed by atoms with E-state index in [1.165, 1.54) is 0 Å². The van der Waals surface area contributed by atoms with Crippen LogP contribution in [-0.2, 0) is 9.53 Å². The summed E-state index contributed by atoms with van der Waals surface area (Å²) < 4.78 is 4.90. The lowest BCUT2D eigenvalue weighted by molar-refractivity contribution is -0.120. The average molecular weight is 230 g/mol. The van der Waals surface area contributed by atoms with Crippen LogP contribution in [0.15, 0.2) is 0 Å². The average Bonchev–Trinajstić information content (AvgIpc) is 2.19. The van der Waals surface area contributed by atoms with Gasteiger partial charge in [0.25, 0.3) is 0 Å². The van der Waals surface area contributed by atoms with Gasteiger partial charge in [0.1, 0.15) is 0 Å². The smallest absolute Gasteiger partial charge is 0.233 e. The van der Waals surface area contributed by atoms with Gasteiger partial charge < -0.3 is 15.4 Å². The van der Waals surface area contributed by atoms with E-state index in [9.17, 15) is 4.79 Å². The Labute approximate surface area is 99.1 Å². The Balaban J connectivity index is 3.58. The molecule has 4 heteroatoms. The lowest BCUT2D eigenvalue weighted by atomic mass is 9.88. The molecule has 0 bridgehead atoms. The fourth-order valence-corrected chi connectivity index (χ4v) is 1.06. The van der Waals surface area contributed by atoms with Crippen LogP contribution < -0.4 is 10.6 Å². The summed E-state index contributed by atoms with van der Waals surface area (Å²) in [7, 11) is 1.66. The Kier molecular flexibility index (Phi) is 7.34. The van der Waals surface area contributed by atoms with E-state index in [0.717, 1.165) is 6.42 Å². The molecule has 96 valence electrons. The molecule has 1 unspecified atom stereocenters. The highest BCUT2D eigenvalue weighted by Gasteiger charge is 2.19. The Hall–Kier alpha value is -0.610. The fourth-order valence-electron chi connectivity index (χ4n) is 1.06. The minimum Gasteiger partial charge on any atom is -0.385 e. The van der Waals surface area contributed by atoms with Crippen molar-refractivity contribution in [2.45, 2.75) is 40.2 Å². The van der Waals surface area contributed by atoms with Crippen molar-refractivity contribution in [3.63, 3.8) is 0 Å². The normalized spacial score (nSPS) is 13.6. The van der Waals surface area contributed by atoms with E-state index in [2.05, 4.69) is 38.3 Å². The van der Waals surface area contributed by atoms with Gasteiger partial charge >= 0.3 is 0 Å². The van der Waals surface area contributed by atoms with Crippen molar-refractivity contribution in [3.05, 3.63) is 0 Å². The van der Waals surface area contributed by atoms with Crippen molar-refractivity contribution in [1.82, 2.24) is 10.6 Å². The van der Waals surface area contributed by atoms with Crippen molar-refractivity contribution in [1.29, 1.82) is 0 Å². The highest BCUT2D eigenvalue weighted by Crippen LogP contribution is 2.17. The SMILES string of the molecule is COCCCNC(=O)CNC(C)C(C)(C)C. The molecule has 0 aromatic rings. The highest BCUT2D eigenvalue weighted by atomic mass is 16.5. The molecule has 0 aliphatic heterocycles. The standard InChI is InChI=1S/C12H26N2O2/c1-10(12(2,3)4)14-9-11(15)13-7-6-8-16-5/h10,14H,6-9H2,1-5H3,(H,13,15). The number of hydrogen-bond donors (Lipinski definition) is 2. The van der Waals surface area contributed by atoms with E-state index in [0.29, 0.717) is 25.7 Å². The molecule has 0 heterocycles. The molecule has 1 amide bonds. The van der Waals surface area contributed by atoms with Crippen LogP contribution in [0.3, 0.4) is 0 Å². The molecule has 0 rings (SSSR count). The summed E-state index contributed by atoms with van der Waals surface area (Å²) in [5.74, 6) is 0.0483. The molecule has 1 atom stereocenters. The van der Waals surface area contributed by atoms with Crippen LogP contribution in [-0.4, -0.2) is 38.8 Å². The zero-order valence-electron chi connectivity index (χ0n) is 11.2. The molecule has 0 saturated carbocycles. The lowest BCUT2D eigenvalue weighted by Gasteiger charge is -2.27. The van der Waals surface area contributed by atoms with Crippen molar-refractivity contribution in [2.24, 2.45) is 5.41 Å². The molecule has 0 aliphatic carbocycles. The van der Waals surface area contributed by atoms with Crippen molar-refractivity contribution in [3.8, 4) is 0 Å². The van der Waals surface area contributed by atoms with E-state index >= 15 is 0 Å². The quantitative estimate of drug-likeness (QED) is 0.645. The van der Waals surface area contributed by atoms with Gasteiger partial charge in [-0.3, -0.25) is 4.79 Å². The number of carbonyl (C=O) groups is 1. The molecule has 0 spiro atoms. The van der Waals surface area contributed by atoms with Gasteiger partial charge in [-0.15, -0.1) is 0 Å². The third-order valence-electron chi connectivity index (χ3n) is 2.72. The molecular weight excluding hydrogens is 204 g/mol. The maximum atomic E-state index is 11.4. The van der Waals surface area contributed by atoms with Crippen molar-refractivity contribution in [2.75, 3.05) is 26.8 Å². The Morgan fingerprint density at radius 2 is 2.00 bits per heavy atom. The van der Waals surface area contributed by atoms with Crippen LogP contribution in [0.25, 0.3) is 0 Å². The first-order valence-corrected chi connectivity index (χ1v) is 5.87. The third-order valence-corrected chi connectivity index (χ3v) is 2.72. The summed E-state index contributed by atoms with van der Waals surface area (Å²) in [5, 5.41) is 6.06. The first kappa shape index (κ1) is 15.4. The molecule has 2 N–H and O–H groups in total. The number of amides is 1. The summed E-state index contributed by atoms with van der Waals surface area (Å²) in [5.41, 5.74) is 0.177. The minimum atomic E-state index is 0.0483. The second-order valence-corrected chi connectivity index (χ2v) is 5.16. The zero-order chi connectivity index (χ0) is 12.6.